The summed E-state index contributed by atoms with van der Waals surface area (Å²) in [6.45, 7) is 6.40. The number of rotatable bonds is 8. The van der Waals surface area contributed by atoms with Crippen LogP contribution in [0.4, 0.5) is 16.0 Å². The molecule has 0 radical (unpaired) electrons. The molecule has 14 heteroatoms. The molecule has 0 saturated carbocycles. The Kier molecular flexibility index (Phi) is 6.66. The minimum Gasteiger partial charge on any atom is -0.478 e. The Hall–Kier alpha value is -4.43. The van der Waals surface area contributed by atoms with E-state index in [2.05, 4.69) is 15.0 Å². The van der Waals surface area contributed by atoms with Gasteiger partial charge in [-0.2, -0.15) is 14.6 Å². The number of aromatic nitrogens is 4. The van der Waals surface area contributed by atoms with Gasteiger partial charge in [0.15, 0.2) is 17.0 Å². The maximum absolute atomic E-state index is 14.9. The molecule has 4 aromatic heterocycles. The predicted molar refractivity (Wildman–Crippen MR) is 152 cm³/mol. The Morgan fingerprint density at radius 3 is 2.66 bits per heavy atom. The molecule has 1 aliphatic rings. The van der Waals surface area contributed by atoms with Crippen molar-refractivity contribution in [3.05, 3.63) is 58.1 Å². The first-order valence-corrected chi connectivity index (χ1v) is 13.8. The van der Waals surface area contributed by atoms with Crippen LogP contribution in [0.3, 0.4) is 0 Å². The third-order valence-corrected chi connectivity index (χ3v) is 8.17. The maximum Gasteiger partial charge on any atom is 0.347 e. The van der Waals surface area contributed by atoms with Crippen molar-refractivity contribution in [3.8, 4) is 17.2 Å². The molecule has 0 aliphatic carbocycles. The highest BCUT2D eigenvalue weighted by molar-refractivity contribution is 7.17. The molecule has 0 amide bonds. The third kappa shape index (κ3) is 5.00. The van der Waals surface area contributed by atoms with Gasteiger partial charge in [0.1, 0.15) is 22.0 Å². The Morgan fingerprint density at radius 1 is 1.20 bits per heavy atom. The second-order valence-corrected chi connectivity index (χ2v) is 11.3. The number of carboxylic acid groups (broad SMARTS) is 1. The van der Waals surface area contributed by atoms with E-state index in [1.165, 1.54) is 24.4 Å². The number of benzene rings is 1. The van der Waals surface area contributed by atoms with Crippen molar-refractivity contribution in [1.82, 2.24) is 24.1 Å². The Bertz CT molecular complexity index is 1800. The van der Waals surface area contributed by atoms with E-state index in [1.54, 1.807) is 35.1 Å². The van der Waals surface area contributed by atoms with E-state index >= 15 is 0 Å². The Morgan fingerprint density at radius 2 is 1.98 bits per heavy atom. The van der Waals surface area contributed by atoms with Gasteiger partial charge in [0.2, 0.25) is 5.95 Å². The van der Waals surface area contributed by atoms with Gasteiger partial charge >= 0.3 is 10.8 Å². The lowest BCUT2D eigenvalue weighted by molar-refractivity contribution is -0.152. The molecule has 1 saturated heterocycles. The lowest BCUT2D eigenvalue weighted by Crippen LogP contribution is -2.47. The number of hydrogen-bond donors (Lipinski definition) is 2. The summed E-state index contributed by atoms with van der Waals surface area (Å²) in [5, 5.41) is 13.7. The number of ether oxygens (including phenoxy) is 1. The summed E-state index contributed by atoms with van der Waals surface area (Å²) >= 11 is 1.11. The van der Waals surface area contributed by atoms with Crippen LogP contribution in [-0.2, 0) is 11.3 Å². The molecule has 5 aromatic rings. The van der Waals surface area contributed by atoms with Crippen LogP contribution in [-0.4, -0.2) is 73.5 Å². The first kappa shape index (κ1) is 26.8. The fourth-order valence-corrected chi connectivity index (χ4v) is 5.85. The number of anilines is 2. The molecule has 3 N–H and O–H groups in total. The van der Waals surface area contributed by atoms with Crippen LogP contribution in [0.1, 0.15) is 13.8 Å². The molecule has 0 unspecified atom stereocenters. The minimum absolute atomic E-state index is 0.130. The zero-order valence-electron chi connectivity index (χ0n) is 22.4. The number of hydrogen-bond acceptors (Lipinski definition) is 10. The third-order valence-electron chi connectivity index (χ3n) is 7.18. The number of piperazine rings is 1. The van der Waals surface area contributed by atoms with Crippen molar-refractivity contribution in [2.24, 2.45) is 0 Å². The fraction of sp³-hybridized carbons (Fsp3) is 0.333. The average molecular weight is 582 g/mol. The number of halogens is 1. The van der Waals surface area contributed by atoms with E-state index < -0.39 is 17.4 Å². The number of nitrogen functional groups attached to an aromatic ring is 1. The van der Waals surface area contributed by atoms with Crippen LogP contribution in [0, 0.1) is 5.82 Å². The van der Waals surface area contributed by atoms with E-state index in [4.69, 9.17) is 14.9 Å². The van der Waals surface area contributed by atoms with Gasteiger partial charge in [-0.1, -0.05) is 11.3 Å². The number of carboxylic acids is 1. The number of thiazole rings is 1. The van der Waals surface area contributed by atoms with E-state index in [1.807, 2.05) is 11.0 Å². The second-order valence-electron chi connectivity index (χ2n) is 10.3. The summed E-state index contributed by atoms with van der Waals surface area (Å²) in [4.78, 5) is 32.8. The monoisotopic (exact) mass is 581 g/mol. The molecule has 1 aliphatic heterocycles. The number of nitrogens with two attached hydrogens (primary N) is 1. The largest absolute Gasteiger partial charge is 0.478 e. The standard InChI is InChI=1S/C27H28FN7O5S/c1-27(2,24(36)37)40-16-5-6-19(17(28)14-16)33-10-7-32(8-11-33)9-12-34-23-22(41-26(34)38)20-15-18(21-4-3-13-39-21)31-35(20)25(29)30-23/h3-6,13-15H,7-12H2,1-2H3,(H2,29,30)(H,36,37). The summed E-state index contributed by atoms with van der Waals surface area (Å²) in [5.74, 6) is -0.679. The van der Waals surface area contributed by atoms with Crippen molar-refractivity contribution in [3.63, 3.8) is 0 Å². The van der Waals surface area contributed by atoms with Gasteiger partial charge < -0.3 is 24.9 Å². The number of carbonyl (C=O) groups is 1. The zero-order chi connectivity index (χ0) is 28.9. The van der Waals surface area contributed by atoms with E-state index in [-0.39, 0.29) is 16.6 Å². The van der Waals surface area contributed by atoms with Crippen LogP contribution < -0.4 is 20.2 Å². The first-order chi connectivity index (χ1) is 19.6. The summed E-state index contributed by atoms with van der Waals surface area (Å²) in [6, 6.07) is 9.82. The van der Waals surface area contributed by atoms with Crippen molar-refractivity contribution in [2.45, 2.75) is 26.0 Å². The molecule has 0 bridgehead atoms. The van der Waals surface area contributed by atoms with Gasteiger partial charge in [-0.05, 0) is 44.2 Å². The fourth-order valence-electron chi connectivity index (χ4n) is 4.89. The molecule has 0 atom stereocenters. The molecule has 12 nitrogen and oxygen atoms in total. The highest BCUT2D eigenvalue weighted by Crippen LogP contribution is 2.29. The molecule has 6 rings (SSSR count). The van der Waals surface area contributed by atoms with Gasteiger partial charge in [-0.25, -0.2) is 9.18 Å². The van der Waals surface area contributed by atoms with Crippen molar-refractivity contribution < 1.29 is 23.4 Å². The molecule has 1 aromatic carbocycles. The Balaban J connectivity index is 1.13. The second kappa shape index (κ2) is 10.2. The molecular weight excluding hydrogens is 553 g/mol. The van der Waals surface area contributed by atoms with Gasteiger partial charge in [-0.15, -0.1) is 0 Å². The van der Waals surface area contributed by atoms with Crippen molar-refractivity contribution in [2.75, 3.05) is 43.4 Å². The van der Waals surface area contributed by atoms with E-state index in [0.29, 0.717) is 72.3 Å². The smallest absolute Gasteiger partial charge is 0.347 e. The number of nitrogens with zero attached hydrogens (tertiary/aromatic N) is 6. The molecule has 41 heavy (non-hydrogen) atoms. The van der Waals surface area contributed by atoms with Gasteiger partial charge in [0, 0.05) is 45.3 Å². The lowest BCUT2D eigenvalue weighted by Gasteiger charge is -2.36. The predicted octanol–water partition coefficient (Wildman–Crippen LogP) is 3.15. The van der Waals surface area contributed by atoms with Crippen LogP contribution >= 0.6 is 11.3 Å². The lowest BCUT2D eigenvalue weighted by atomic mass is 10.1. The summed E-state index contributed by atoms with van der Waals surface area (Å²) in [7, 11) is 0. The van der Waals surface area contributed by atoms with Crippen LogP contribution in [0.5, 0.6) is 5.75 Å². The first-order valence-electron chi connectivity index (χ1n) is 13.0. The Labute approximate surface area is 237 Å². The highest BCUT2D eigenvalue weighted by Gasteiger charge is 2.30. The molecule has 5 heterocycles. The van der Waals surface area contributed by atoms with Crippen LogP contribution in [0.15, 0.2) is 51.9 Å². The SMILES string of the molecule is CC(C)(Oc1ccc(N2CCN(CCn3c(=O)sc4c3nc(N)n3nc(-c5ccco5)cc43)CC2)c(F)c1)C(=O)O. The minimum atomic E-state index is -1.47. The molecule has 1 fully saturated rings. The normalized spacial score (nSPS) is 14.8. The number of furan rings is 1. The number of fused-ring (bicyclic) bond motifs is 3. The van der Waals surface area contributed by atoms with E-state index in [0.717, 1.165) is 11.3 Å². The zero-order valence-corrected chi connectivity index (χ0v) is 23.2. The van der Waals surface area contributed by atoms with Gasteiger partial charge in [0.05, 0.1) is 17.5 Å². The van der Waals surface area contributed by atoms with Crippen molar-refractivity contribution >= 4 is 44.8 Å². The van der Waals surface area contributed by atoms with Crippen LogP contribution in [0.2, 0.25) is 0 Å². The average Bonchev–Trinajstić information content (AvgIpc) is 3.67. The van der Waals surface area contributed by atoms with E-state index in [9.17, 15) is 19.1 Å². The summed E-state index contributed by atoms with van der Waals surface area (Å²) in [6.07, 6.45) is 1.57. The molecule has 214 valence electrons. The summed E-state index contributed by atoms with van der Waals surface area (Å²) in [5.41, 5.74) is 6.99. The quantitative estimate of drug-likeness (QED) is 0.280. The van der Waals surface area contributed by atoms with Crippen LogP contribution in [0.25, 0.3) is 27.3 Å². The highest BCUT2D eigenvalue weighted by atomic mass is 32.1. The maximum atomic E-state index is 14.9. The van der Waals surface area contributed by atoms with Gasteiger partial charge in [-0.3, -0.25) is 14.3 Å². The summed E-state index contributed by atoms with van der Waals surface area (Å²) < 4.78 is 29.7. The van der Waals surface area contributed by atoms with Gasteiger partial charge in [0.25, 0.3) is 0 Å². The van der Waals surface area contributed by atoms with Crippen molar-refractivity contribution in [1.29, 1.82) is 0 Å². The topological polar surface area (TPSA) is 144 Å². The molecule has 0 spiro atoms. The molecular formula is C27H28FN7O5S. The number of aliphatic carboxylic acids is 1.